The summed E-state index contributed by atoms with van der Waals surface area (Å²) in [5.41, 5.74) is 1.84. The van der Waals surface area contributed by atoms with Crippen molar-refractivity contribution in [2.24, 2.45) is 0 Å². The van der Waals surface area contributed by atoms with E-state index >= 15 is 0 Å². The van der Waals surface area contributed by atoms with E-state index in [-0.39, 0.29) is 25.4 Å². The lowest BCUT2D eigenvalue weighted by Gasteiger charge is -2.16. The van der Waals surface area contributed by atoms with E-state index in [2.05, 4.69) is 26.2 Å². The van der Waals surface area contributed by atoms with Gasteiger partial charge in [0.1, 0.15) is 17.3 Å². The third kappa shape index (κ3) is 4.80. The molecule has 0 radical (unpaired) electrons. The molecule has 0 N–H and O–H groups in total. The Labute approximate surface area is 186 Å². The number of hydrogen-bond donors (Lipinski definition) is 0. The number of nitrogens with zero attached hydrogens (tertiary/aromatic N) is 4. The van der Waals surface area contributed by atoms with Gasteiger partial charge in [-0.2, -0.15) is 0 Å². The van der Waals surface area contributed by atoms with Crippen LogP contribution in [0, 0.1) is 11.6 Å². The van der Waals surface area contributed by atoms with E-state index in [9.17, 15) is 13.6 Å². The summed E-state index contributed by atoms with van der Waals surface area (Å²) in [5.74, 6) is -1.31. The van der Waals surface area contributed by atoms with Crippen LogP contribution in [0.15, 0.2) is 65.3 Å². The lowest BCUT2D eigenvalue weighted by molar-refractivity contribution is -0.129. The number of amides is 1. The van der Waals surface area contributed by atoms with Gasteiger partial charge in [0.25, 0.3) is 0 Å². The number of carbonyl (C=O) groups excluding carboxylic acids is 1. The molecule has 0 saturated heterocycles. The van der Waals surface area contributed by atoms with Crippen molar-refractivity contribution in [1.82, 2.24) is 19.9 Å². The second kappa shape index (κ2) is 8.93. The first-order chi connectivity index (χ1) is 14.9. The van der Waals surface area contributed by atoms with Gasteiger partial charge in [-0.05, 0) is 28.5 Å². The van der Waals surface area contributed by atoms with Crippen LogP contribution in [0.1, 0.15) is 16.8 Å². The highest BCUT2D eigenvalue weighted by Crippen LogP contribution is 2.27. The zero-order chi connectivity index (χ0) is 22.0. The van der Waals surface area contributed by atoms with E-state index in [1.165, 1.54) is 16.8 Å². The number of benzene rings is 3. The van der Waals surface area contributed by atoms with E-state index in [1.807, 2.05) is 36.4 Å². The Hall–Kier alpha value is -3.13. The molecule has 0 aliphatic rings. The molecule has 0 aliphatic carbocycles. The van der Waals surface area contributed by atoms with E-state index < -0.39 is 11.6 Å². The molecule has 1 heterocycles. The fourth-order valence-electron chi connectivity index (χ4n) is 3.42. The molecule has 0 bridgehead atoms. The fraction of sp³-hybridized carbons (Fsp3) is 0.174. The zero-order valence-electron chi connectivity index (χ0n) is 16.7. The lowest BCUT2D eigenvalue weighted by atomic mass is 10.0. The van der Waals surface area contributed by atoms with Crippen molar-refractivity contribution in [3.8, 4) is 0 Å². The van der Waals surface area contributed by atoms with Crippen molar-refractivity contribution in [1.29, 1.82) is 0 Å². The summed E-state index contributed by atoms with van der Waals surface area (Å²) >= 11 is 3.55. The van der Waals surface area contributed by atoms with Crippen molar-refractivity contribution in [3.05, 3.63) is 93.7 Å². The Bertz CT molecular complexity index is 1260. The largest absolute Gasteiger partial charge is 0.339 e. The van der Waals surface area contributed by atoms with Gasteiger partial charge in [0.15, 0.2) is 0 Å². The average Bonchev–Trinajstić information content (AvgIpc) is 3.19. The van der Waals surface area contributed by atoms with Crippen molar-refractivity contribution in [2.75, 3.05) is 7.05 Å². The summed E-state index contributed by atoms with van der Waals surface area (Å²) in [5, 5.41) is 10.1. The SMILES string of the molecule is CN(Cc1cn(Cc2ccc(F)cc2F)nn1)C(=O)Cc1ccc(Br)c2ccccc12. The summed E-state index contributed by atoms with van der Waals surface area (Å²) in [7, 11) is 1.71. The van der Waals surface area contributed by atoms with Crippen molar-refractivity contribution in [2.45, 2.75) is 19.5 Å². The predicted octanol–water partition coefficient (Wildman–Crippen LogP) is 4.72. The second-order valence-electron chi connectivity index (χ2n) is 7.32. The van der Waals surface area contributed by atoms with Crippen LogP contribution >= 0.6 is 15.9 Å². The minimum Gasteiger partial charge on any atom is -0.339 e. The molecule has 8 heteroatoms. The number of fused-ring (bicyclic) bond motifs is 1. The Morgan fingerprint density at radius 3 is 2.58 bits per heavy atom. The van der Waals surface area contributed by atoms with E-state index in [1.54, 1.807) is 18.1 Å². The molecule has 1 aromatic heterocycles. The third-order valence-corrected chi connectivity index (χ3v) is 5.75. The van der Waals surface area contributed by atoms with Crippen molar-refractivity contribution in [3.63, 3.8) is 0 Å². The number of halogens is 3. The molecule has 1 amide bonds. The van der Waals surface area contributed by atoms with Gasteiger partial charge in [-0.15, -0.1) is 5.10 Å². The minimum atomic E-state index is -0.633. The highest BCUT2D eigenvalue weighted by Gasteiger charge is 2.15. The smallest absolute Gasteiger partial charge is 0.227 e. The Morgan fingerprint density at radius 1 is 1.06 bits per heavy atom. The topological polar surface area (TPSA) is 51.0 Å². The van der Waals surface area contributed by atoms with Gasteiger partial charge in [-0.1, -0.05) is 57.5 Å². The van der Waals surface area contributed by atoms with Crippen molar-refractivity contribution < 1.29 is 13.6 Å². The third-order valence-electron chi connectivity index (χ3n) is 5.06. The number of aromatic nitrogens is 3. The maximum Gasteiger partial charge on any atom is 0.227 e. The summed E-state index contributed by atoms with van der Waals surface area (Å²) in [4.78, 5) is 14.4. The zero-order valence-corrected chi connectivity index (χ0v) is 18.3. The molecule has 158 valence electrons. The molecule has 0 atom stereocenters. The molecule has 4 aromatic rings. The van der Waals surface area contributed by atoms with Crippen LogP contribution in [0.3, 0.4) is 0 Å². The van der Waals surface area contributed by atoms with Gasteiger partial charge in [-0.3, -0.25) is 4.79 Å². The summed E-state index contributed by atoms with van der Waals surface area (Å²) in [6, 6.07) is 15.3. The number of hydrogen-bond acceptors (Lipinski definition) is 3. The number of likely N-dealkylation sites (N-methyl/N-ethyl adjacent to an activating group) is 1. The first kappa shape index (κ1) is 21.1. The Morgan fingerprint density at radius 2 is 1.81 bits per heavy atom. The molecule has 0 unspecified atom stereocenters. The highest BCUT2D eigenvalue weighted by atomic mass is 79.9. The molecular weight excluding hydrogens is 466 g/mol. The number of carbonyl (C=O) groups is 1. The van der Waals surface area contributed by atoms with Crippen LogP contribution in [0.5, 0.6) is 0 Å². The molecule has 0 spiro atoms. The maximum absolute atomic E-state index is 13.8. The van der Waals surface area contributed by atoms with Gasteiger partial charge in [0.2, 0.25) is 5.91 Å². The molecule has 5 nitrogen and oxygen atoms in total. The van der Waals surface area contributed by atoms with Gasteiger partial charge >= 0.3 is 0 Å². The minimum absolute atomic E-state index is 0.0494. The molecule has 31 heavy (non-hydrogen) atoms. The van der Waals surface area contributed by atoms with Crippen LogP contribution < -0.4 is 0 Å². The first-order valence-electron chi connectivity index (χ1n) is 9.64. The lowest BCUT2D eigenvalue weighted by Crippen LogP contribution is -2.28. The maximum atomic E-state index is 13.8. The molecule has 0 fully saturated rings. The van der Waals surface area contributed by atoms with Crippen LogP contribution in [0.2, 0.25) is 0 Å². The average molecular weight is 485 g/mol. The molecule has 4 rings (SSSR count). The highest BCUT2D eigenvalue weighted by molar-refractivity contribution is 9.10. The van der Waals surface area contributed by atoms with E-state index in [4.69, 9.17) is 0 Å². The standard InChI is InChI=1S/C23H19BrF2N4O/c1-29(23(31)10-15-7-9-21(24)20-5-3-2-4-19(15)20)13-18-14-30(28-27-18)12-16-6-8-17(25)11-22(16)26/h2-9,11,14H,10,12-13H2,1H3. The molecule has 0 aliphatic heterocycles. The van der Waals surface area contributed by atoms with Gasteiger partial charge in [-0.25, -0.2) is 13.5 Å². The van der Waals surface area contributed by atoms with Crippen molar-refractivity contribution >= 4 is 32.6 Å². The second-order valence-corrected chi connectivity index (χ2v) is 8.18. The molecule has 0 saturated carbocycles. The monoisotopic (exact) mass is 484 g/mol. The van der Waals surface area contributed by atoms with E-state index in [0.29, 0.717) is 11.3 Å². The Balaban J connectivity index is 1.42. The molecular formula is C23H19BrF2N4O. The quantitative estimate of drug-likeness (QED) is 0.397. The van der Waals surface area contributed by atoms with Gasteiger partial charge in [0, 0.05) is 23.2 Å². The predicted molar refractivity (Wildman–Crippen MR) is 117 cm³/mol. The summed E-state index contributed by atoms with van der Waals surface area (Å²) < 4.78 is 29.4. The van der Waals surface area contributed by atoms with Gasteiger partial charge < -0.3 is 4.90 Å². The Kier molecular flexibility index (Phi) is 6.08. The summed E-state index contributed by atoms with van der Waals surface area (Å²) in [6.07, 6.45) is 1.92. The normalized spacial score (nSPS) is 11.1. The van der Waals surface area contributed by atoms with E-state index in [0.717, 1.165) is 26.9 Å². The fourth-order valence-corrected chi connectivity index (χ4v) is 3.90. The first-order valence-corrected chi connectivity index (χ1v) is 10.4. The summed E-state index contributed by atoms with van der Waals surface area (Å²) in [6.45, 7) is 0.404. The van der Waals surface area contributed by atoms with Crippen LogP contribution in [-0.2, 0) is 24.3 Å². The van der Waals surface area contributed by atoms with Crippen LogP contribution in [-0.4, -0.2) is 32.8 Å². The molecule has 3 aromatic carbocycles. The van der Waals surface area contributed by atoms with Crippen LogP contribution in [0.25, 0.3) is 10.8 Å². The number of rotatable bonds is 6. The van der Waals surface area contributed by atoms with Gasteiger partial charge in [0.05, 0.1) is 25.7 Å². The van der Waals surface area contributed by atoms with Crippen LogP contribution in [0.4, 0.5) is 8.78 Å².